The third-order valence-corrected chi connectivity index (χ3v) is 3.38. The van der Waals surface area contributed by atoms with E-state index in [9.17, 15) is 4.79 Å². The SMILES string of the molecule is COc1cccc(CC(=O)NC(=N)/C=C\Nc2ccccc2)c1OC. The molecule has 0 radical (unpaired) electrons. The van der Waals surface area contributed by atoms with E-state index in [0.29, 0.717) is 17.1 Å². The van der Waals surface area contributed by atoms with Crippen LogP contribution < -0.4 is 20.1 Å². The van der Waals surface area contributed by atoms with Gasteiger partial charge in [0.05, 0.1) is 20.6 Å². The molecule has 6 heteroatoms. The first kappa shape index (κ1) is 18.1. The van der Waals surface area contributed by atoms with E-state index >= 15 is 0 Å². The molecule has 6 nitrogen and oxygen atoms in total. The van der Waals surface area contributed by atoms with Gasteiger partial charge in [0.1, 0.15) is 5.84 Å². The highest BCUT2D eigenvalue weighted by Crippen LogP contribution is 2.30. The maximum Gasteiger partial charge on any atom is 0.230 e. The number of hydrogen-bond acceptors (Lipinski definition) is 5. The summed E-state index contributed by atoms with van der Waals surface area (Å²) in [5.41, 5.74) is 1.59. The molecule has 1 amide bonds. The Balaban J connectivity index is 1.90. The first-order valence-corrected chi connectivity index (χ1v) is 7.70. The second-order valence-corrected chi connectivity index (χ2v) is 5.13. The summed E-state index contributed by atoms with van der Waals surface area (Å²) in [6.45, 7) is 0. The quantitative estimate of drug-likeness (QED) is 0.535. The molecule has 0 atom stereocenters. The molecule has 0 spiro atoms. The Labute approximate surface area is 147 Å². The second kappa shape index (κ2) is 9.12. The predicted molar refractivity (Wildman–Crippen MR) is 98.3 cm³/mol. The number of amidine groups is 1. The fourth-order valence-corrected chi connectivity index (χ4v) is 2.26. The third-order valence-electron chi connectivity index (χ3n) is 3.38. The van der Waals surface area contributed by atoms with E-state index in [4.69, 9.17) is 14.9 Å². The molecular formula is C19H21N3O3. The highest BCUT2D eigenvalue weighted by molar-refractivity contribution is 6.03. The minimum Gasteiger partial charge on any atom is -0.493 e. The molecule has 0 aliphatic rings. The van der Waals surface area contributed by atoms with Crippen LogP contribution in [-0.2, 0) is 11.2 Å². The van der Waals surface area contributed by atoms with Gasteiger partial charge in [0, 0.05) is 17.5 Å². The van der Waals surface area contributed by atoms with Crippen LogP contribution in [-0.4, -0.2) is 26.0 Å². The summed E-state index contributed by atoms with van der Waals surface area (Å²) >= 11 is 0. The summed E-state index contributed by atoms with van der Waals surface area (Å²) in [5.74, 6) is 0.777. The summed E-state index contributed by atoms with van der Waals surface area (Å²) in [4.78, 5) is 12.1. The van der Waals surface area contributed by atoms with E-state index in [1.807, 2.05) is 30.3 Å². The Morgan fingerprint density at radius 2 is 1.84 bits per heavy atom. The molecule has 0 aliphatic carbocycles. The van der Waals surface area contributed by atoms with Crippen molar-refractivity contribution in [1.82, 2.24) is 5.32 Å². The first-order valence-electron chi connectivity index (χ1n) is 7.70. The molecule has 0 bridgehead atoms. The Morgan fingerprint density at radius 3 is 2.52 bits per heavy atom. The highest BCUT2D eigenvalue weighted by Gasteiger charge is 2.13. The number of anilines is 1. The van der Waals surface area contributed by atoms with Crippen molar-refractivity contribution in [2.45, 2.75) is 6.42 Å². The Bertz CT molecular complexity index is 758. The lowest BCUT2D eigenvalue weighted by Crippen LogP contribution is -2.30. The summed E-state index contributed by atoms with van der Waals surface area (Å²) < 4.78 is 10.5. The molecule has 0 aromatic heterocycles. The van der Waals surface area contributed by atoms with Crippen LogP contribution in [0.25, 0.3) is 0 Å². The van der Waals surface area contributed by atoms with Crippen molar-refractivity contribution in [2.24, 2.45) is 0 Å². The van der Waals surface area contributed by atoms with E-state index in [2.05, 4.69) is 10.6 Å². The van der Waals surface area contributed by atoms with Crippen molar-refractivity contribution in [3.8, 4) is 11.5 Å². The minimum absolute atomic E-state index is 0.00436. The third kappa shape index (κ3) is 5.39. The van der Waals surface area contributed by atoms with Gasteiger partial charge < -0.3 is 20.1 Å². The average Bonchev–Trinajstić information content (AvgIpc) is 2.62. The van der Waals surface area contributed by atoms with E-state index in [0.717, 1.165) is 5.69 Å². The molecule has 130 valence electrons. The van der Waals surface area contributed by atoms with E-state index in [1.165, 1.54) is 13.2 Å². The van der Waals surface area contributed by atoms with Crippen LogP contribution in [0.1, 0.15) is 5.56 Å². The highest BCUT2D eigenvalue weighted by atomic mass is 16.5. The number of carbonyl (C=O) groups excluding carboxylic acids is 1. The summed E-state index contributed by atoms with van der Waals surface area (Å²) in [5, 5.41) is 13.4. The van der Waals surface area contributed by atoms with Gasteiger partial charge in [0.15, 0.2) is 11.5 Å². The zero-order chi connectivity index (χ0) is 18.1. The predicted octanol–water partition coefficient (Wildman–Crippen LogP) is 2.97. The van der Waals surface area contributed by atoms with Crippen LogP contribution in [0.3, 0.4) is 0 Å². The summed E-state index contributed by atoms with van der Waals surface area (Å²) in [7, 11) is 3.07. The van der Waals surface area contributed by atoms with Gasteiger partial charge in [-0.25, -0.2) is 0 Å². The average molecular weight is 339 g/mol. The summed E-state index contributed by atoms with van der Waals surface area (Å²) in [6, 6.07) is 14.9. The molecular weight excluding hydrogens is 318 g/mol. The lowest BCUT2D eigenvalue weighted by atomic mass is 10.1. The van der Waals surface area contributed by atoms with Crippen molar-refractivity contribution in [3.05, 3.63) is 66.4 Å². The van der Waals surface area contributed by atoms with Crippen LogP contribution >= 0.6 is 0 Å². The molecule has 2 aromatic carbocycles. The van der Waals surface area contributed by atoms with Gasteiger partial charge in [0.2, 0.25) is 5.91 Å². The van der Waals surface area contributed by atoms with Crippen LogP contribution in [0, 0.1) is 5.41 Å². The lowest BCUT2D eigenvalue weighted by Gasteiger charge is -2.12. The van der Waals surface area contributed by atoms with Crippen LogP contribution in [0.4, 0.5) is 5.69 Å². The van der Waals surface area contributed by atoms with E-state index in [-0.39, 0.29) is 18.2 Å². The number of amides is 1. The molecule has 0 aliphatic heterocycles. The monoisotopic (exact) mass is 339 g/mol. The van der Waals surface area contributed by atoms with Gasteiger partial charge >= 0.3 is 0 Å². The molecule has 25 heavy (non-hydrogen) atoms. The Morgan fingerprint density at radius 1 is 1.08 bits per heavy atom. The minimum atomic E-state index is -0.305. The normalized spacial score (nSPS) is 10.3. The van der Waals surface area contributed by atoms with Crippen LogP contribution in [0.5, 0.6) is 11.5 Å². The molecule has 3 N–H and O–H groups in total. The van der Waals surface area contributed by atoms with Crippen molar-refractivity contribution in [3.63, 3.8) is 0 Å². The molecule has 0 heterocycles. The second-order valence-electron chi connectivity index (χ2n) is 5.13. The smallest absolute Gasteiger partial charge is 0.230 e. The first-order chi connectivity index (χ1) is 12.1. The fraction of sp³-hybridized carbons (Fsp3) is 0.158. The lowest BCUT2D eigenvalue weighted by molar-refractivity contribution is -0.119. The fourth-order valence-electron chi connectivity index (χ4n) is 2.26. The van der Waals surface area contributed by atoms with E-state index in [1.54, 1.807) is 31.5 Å². The molecule has 0 saturated carbocycles. The maximum absolute atomic E-state index is 12.1. The zero-order valence-electron chi connectivity index (χ0n) is 14.2. The van der Waals surface area contributed by atoms with Gasteiger partial charge in [0.25, 0.3) is 0 Å². The van der Waals surface area contributed by atoms with E-state index < -0.39 is 0 Å². The molecule has 0 unspecified atom stereocenters. The molecule has 2 rings (SSSR count). The molecule has 2 aromatic rings. The maximum atomic E-state index is 12.1. The van der Waals surface area contributed by atoms with Gasteiger partial charge in [-0.1, -0.05) is 30.3 Å². The number of rotatable bonds is 7. The largest absolute Gasteiger partial charge is 0.493 e. The van der Waals surface area contributed by atoms with Gasteiger partial charge in [-0.05, 0) is 24.3 Å². The number of para-hydroxylation sites is 2. The Hall–Kier alpha value is -3.28. The van der Waals surface area contributed by atoms with Crippen LogP contribution in [0.2, 0.25) is 0 Å². The number of carbonyl (C=O) groups is 1. The van der Waals surface area contributed by atoms with Gasteiger partial charge in [-0.3, -0.25) is 10.2 Å². The number of ether oxygens (including phenoxy) is 2. The number of methoxy groups -OCH3 is 2. The van der Waals surface area contributed by atoms with Crippen molar-refractivity contribution >= 4 is 17.4 Å². The van der Waals surface area contributed by atoms with Crippen molar-refractivity contribution in [1.29, 1.82) is 5.41 Å². The van der Waals surface area contributed by atoms with Crippen LogP contribution in [0.15, 0.2) is 60.8 Å². The number of nitrogens with one attached hydrogen (secondary N) is 3. The standard InChI is InChI=1S/C19H21N3O3/c1-24-16-10-6-7-14(19(16)25-2)13-18(23)22-17(20)11-12-21-15-8-4-3-5-9-15/h3-12,21H,13H2,1-2H3,(H2,20,22,23)/b12-11-. The van der Waals surface area contributed by atoms with Gasteiger partial charge in [-0.15, -0.1) is 0 Å². The number of benzene rings is 2. The van der Waals surface area contributed by atoms with Crippen molar-refractivity contribution < 1.29 is 14.3 Å². The molecule has 0 fully saturated rings. The topological polar surface area (TPSA) is 83.4 Å². The summed E-state index contributed by atoms with van der Waals surface area (Å²) in [6.07, 6.45) is 3.17. The van der Waals surface area contributed by atoms with Crippen molar-refractivity contribution in [2.75, 3.05) is 19.5 Å². The van der Waals surface area contributed by atoms with Gasteiger partial charge in [-0.2, -0.15) is 0 Å². The molecule has 0 saturated heterocycles. The Kier molecular flexibility index (Phi) is 6.59. The number of hydrogen-bond donors (Lipinski definition) is 3. The zero-order valence-corrected chi connectivity index (χ0v) is 14.2.